The summed E-state index contributed by atoms with van der Waals surface area (Å²) < 4.78 is 52.1. The number of carbonyl (C=O) groups excluding carboxylic acids is 1. The van der Waals surface area contributed by atoms with Gasteiger partial charge in [-0.25, -0.2) is 14.8 Å². The quantitative estimate of drug-likeness (QED) is 0.398. The van der Waals surface area contributed by atoms with E-state index in [0.717, 1.165) is 34.2 Å². The third-order valence-corrected chi connectivity index (χ3v) is 7.06. The van der Waals surface area contributed by atoms with Gasteiger partial charge in [0, 0.05) is 34.7 Å². The minimum absolute atomic E-state index is 0.0532. The summed E-state index contributed by atoms with van der Waals surface area (Å²) in [5.74, 6) is 2.33. The van der Waals surface area contributed by atoms with E-state index in [1.165, 1.54) is 10.9 Å². The highest BCUT2D eigenvalue weighted by Crippen LogP contribution is 2.59. The van der Waals surface area contributed by atoms with Crippen molar-refractivity contribution >= 4 is 34.5 Å². The zero-order valence-electron chi connectivity index (χ0n) is 17.4. The molecule has 0 radical (unpaired) electrons. The molecule has 3 aromatic heterocycles. The fourth-order valence-electron chi connectivity index (χ4n) is 4.03. The number of benzene rings is 1. The standard InChI is InChI=1S/C22H16F3N5O3S/c23-22(24,25)21(4-5-21)17-8-18(29-33-17)28-20(31)30-6-3-12-7-13(1-2-16(12)30)32-19-14-9-34-10-15(14)26-11-27-19/h1-3,6-8,11H,4-5,9-10H2,(H,28,29,31). The lowest BCUT2D eigenvalue weighted by atomic mass is 10.0. The van der Waals surface area contributed by atoms with E-state index in [1.807, 2.05) is 0 Å². The molecule has 0 atom stereocenters. The van der Waals surface area contributed by atoms with Gasteiger partial charge in [0.25, 0.3) is 0 Å². The molecule has 1 amide bonds. The molecule has 8 nitrogen and oxygen atoms in total. The molecule has 1 aromatic carbocycles. The number of anilines is 1. The van der Waals surface area contributed by atoms with Gasteiger partial charge in [-0.05, 0) is 37.1 Å². The molecule has 1 aliphatic heterocycles. The van der Waals surface area contributed by atoms with Crippen molar-refractivity contribution in [3.05, 3.63) is 59.9 Å². The molecule has 1 N–H and O–H groups in total. The monoisotopic (exact) mass is 487 g/mol. The van der Waals surface area contributed by atoms with Gasteiger partial charge in [0.1, 0.15) is 17.5 Å². The predicted molar refractivity (Wildman–Crippen MR) is 117 cm³/mol. The largest absolute Gasteiger partial charge is 0.439 e. The lowest BCUT2D eigenvalue weighted by Gasteiger charge is -2.14. The second kappa shape index (κ2) is 7.49. The summed E-state index contributed by atoms with van der Waals surface area (Å²) in [4.78, 5) is 21.3. The highest BCUT2D eigenvalue weighted by atomic mass is 32.2. The lowest BCUT2D eigenvalue weighted by Crippen LogP contribution is -2.28. The molecule has 12 heteroatoms. The lowest BCUT2D eigenvalue weighted by molar-refractivity contribution is -0.165. The van der Waals surface area contributed by atoms with Crippen molar-refractivity contribution in [2.75, 3.05) is 5.32 Å². The van der Waals surface area contributed by atoms with Gasteiger partial charge in [0.15, 0.2) is 11.6 Å². The minimum atomic E-state index is -4.42. The Morgan fingerprint density at radius 1 is 1.18 bits per heavy atom. The average molecular weight is 487 g/mol. The zero-order valence-corrected chi connectivity index (χ0v) is 18.2. The van der Waals surface area contributed by atoms with E-state index in [4.69, 9.17) is 9.26 Å². The SMILES string of the molecule is O=C(Nc1cc(C2(C(F)(F)F)CC2)on1)n1ccc2cc(Oc3ncnc4c3CSC4)ccc21. The number of halogens is 3. The van der Waals surface area contributed by atoms with Crippen LogP contribution < -0.4 is 10.1 Å². The molecule has 1 aliphatic carbocycles. The highest BCUT2D eigenvalue weighted by Gasteiger charge is 2.66. The van der Waals surface area contributed by atoms with Gasteiger partial charge < -0.3 is 9.26 Å². The van der Waals surface area contributed by atoms with Crippen LogP contribution in [0.3, 0.4) is 0 Å². The maximum absolute atomic E-state index is 13.3. The Morgan fingerprint density at radius 3 is 2.82 bits per heavy atom. The van der Waals surface area contributed by atoms with Crippen molar-refractivity contribution < 1.29 is 27.2 Å². The third-order valence-electron chi connectivity index (χ3n) is 6.08. The number of thioether (sulfide) groups is 1. The summed E-state index contributed by atoms with van der Waals surface area (Å²) in [6, 6.07) is 7.51. The first-order valence-corrected chi connectivity index (χ1v) is 11.5. The van der Waals surface area contributed by atoms with E-state index < -0.39 is 17.6 Å². The van der Waals surface area contributed by atoms with Crippen LogP contribution in [0.2, 0.25) is 0 Å². The molecule has 0 unspecified atom stereocenters. The van der Waals surface area contributed by atoms with Gasteiger partial charge >= 0.3 is 12.2 Å². The fourth-order valence-corrected chi connectivity index (χ4v) is 5.07. The second-order valence-electron chi connectivity index (χ2n) is 8.19. The maximum Gasteiger partial charge on any atom is 0.401 e. The number of hydrogen-bond donors (Lipinski definition) is 1. The molecule has 4 heterocycles. The van der Waals surface area contributed by atoms with Crippen LogP contribution in [0.25, 0.3) is 10.9 Å². The molecular weight excluding hydrogens is 471 g/mol. The molecule has 0 bridgehead atoms. The Bertz CT molecular complexity index is 1430. The number of fused-ring (bicyclic) bond motifs is 2. The number of aromatic nitrogens is 4. The van der Waals surface area contributed by atoms with Crippen LogP contribution in [0.1, 0.15) is 29.9 Å². The number of amides is 1. The molecule has 0 saturated heterocycles. The Balaban J connectivity index is 1.21. The van der Waals surface area contributed by atoms with Gasteiger partial charge in [-0.1, -0.05) is 5.16 Å². The van der Waals surface area contributed by atoms with Crippen molar-refractivity contribution in [2.45, 2.75) is 35.9 Å². The number of hydrogen-bond acceptors (Lipinski definition) is 7. The van der Waals surface area contributed by atoms with Crippen LogP contribution in [0.15, 0.2) is 47.4 Å². The zero-order chi connectivity index (χ0) is 23.5. The van der Waals surface area contributed by atoms with E-state index in [9.17, 15) is 18.0 Å². The summed E-state index contributed by atoms with van der Waals surface area (Å²) in [6.07, 6.45) is -1.49. The smallest absolute Gasteiger partial charge is 0.401 e. The Hall–Kier alpha value is -3.54. The topological polar surface area (TPSA) is 95.1 Å². The van der Waals surface area contributed by atoms with E-state index in [2.05, 4.69) is 20.4 Å². The van der Waals surface area contributed by atoms with E-state index in [1.54, 1.807) is 42.2 Å². The van der Waals surface area contributed by atoms with E-state index in [0.29, 0.717) is 17.1 Å². The molecule has 6 rings (SSSR count). The van der Waals surface area contributed by atoms with Crippen LogP contribution in [0, 0.1) is 0 Å². The second-order valence-corrected chi connectivity index (χ2v) is 9.18. The van der Waals surface area contributed by atoms with Crippen LogP contribution in [-0.2, 0) is 16.9 Å². The first kappa shape index (κ1) is 21.0. The van der Waals surface area contributed by atoms with Gasteiger partial charge in [0.2, 0.25) is 5.88 Å². The summed E-state index contributed by atoms with van der Waals surface area (Å²) in [7, 11) is 0. The van der Waals surface area contributed by atoms with Crippen LogP contribution >= 0.6 is 11.8 Å². The molecule has 0 spiro atoms. The summed E-state index contributed by atoms with van der Waals surface area (Å²) in [6.45, 7) is 0. The molecule has 1 saturated carbocycles. The molecule has 34 heavy (non-hydrogen) atoms. The molecule has 4 aromatic rings. The number of alkyl halides is 3. The van der Waals surface area contributed by atoms with Gasteiger partial charge in [0.05, 0.1) is 11.2 Å². The summed E-state index contributed by atoms with van der Waals surface area (Å²) in [5, 5.41) is 6.83. The van der Waals surface area contributed by atoms with Crippen molar-refractivity contribution in [3.8, 4) is 11.6 Å². The summed E-state index contributed by atoms with van der Waals surface area (Å²) in [5.41, 5.74) is 0.543. The van der Waals surface area contributed by atoms with Crippen LogP contribution in [0.5, 0.6) is 11.6 Å². The first-order chi connectivity index (χ1) is 16.3. The molecular formula is C22H16F3N5O3S. The van der Waals surface area contributed by atoms with Gasteiger partial charge in [-0.15, -0.1) is 0 Å². The average Bonchev–Trinajstić information content (AvgIpc) is 3.14. The minimum Gasteiger partial charge on any atom is -0.439 e. The Kier molecular flexibility index (Phi) is 4.63. The van der Waals surface area contributed by atoms with Crippen molar-refractivity contribution in [1.82, 2.24) is 19.7 Å². The Morgan fingerprint density at radius 2 is 2.03 bits per heavy atom. The normalized spacial score (nSPS) is 16.4. The maximum atomic E-state index is 13.3. The van der Waals surface area contributed by atoms with E-state index in [-0.39, 0.29) is 24.4 Å². The predicted octanol–water partition coefficient (Wildman–Crippen LogP) is 5.63. The Labute approximate surface area is 194 Å². The third kappa shape index (κ3) is 3.40. The van der Waals surface area contributed by atoms with Crippen molar-refractivity contribution in [1.29, 1.82) is 0 Å². The number of ether oxygens (including phenoxy) is 1. The van der Waals surface area contributed by atoms with Crippen LogP contribution in [0.4, 0.5) is 23.8 Å². The number of nitrogens with zero attached hydrogens (tertiary/aromatic N) is 4. The number of carbonyl (C=O) groups is 1. The first-order valence-electron chi connectivity index (χ1n) is 10.4. The van der Waals surface area contributed by atoms with Crippen molar-refractivity contribution in [3.63, 3.8) is 0 Å². The van der Waals surface area contributed by atoms with E-state index >= 15 is 0 Å². The molecule has 1 fully saturated rings. The highest BCUT2D eigenvalue weighted by molar-refractivity contribution is 7.98. The molecule has 174 valence electrons. The summed E-state index contributed by atoms with van der Waals surface area (Å²) >= 11 is 1.75. The van der Waals surface area contributed by atoms with Gasteiger partial charge in [-0.3, -0.25) is 9.88 Å². The van der Waals surface area contributed by atoms with Crippen molar-refractivity contribution in [2.24, 2.45) is 0 Å². The van der Waals surface area contributed by atoms with Crippen LogP contribution in [-0.4, -0.2) is 31.9 Å². The molecule has 2 aliphatic rings. The van der Waals surface area contributed by atoms with Gasteiger partial charge in [-0.2, -0.15) is 24.9 Å². The number of rotatable bonds is 4. The number of nitrogens with one attached hydrogen (secondary N) is 1. The fraction of sp³-hybridized carbons (Fsp3) is 0.273.